The fraction of sp³-hybridized carbons (Fsp3) is 0.333. The van der Waals surface area contributed by atoms with Gasteiger partial charge in [-0.25, -0.2) is 4.98 Å². The molecule has 1 aromatic carbocycles. The van der Waals surface area contributed by atoms with Gasteiger partial charge in [0, 0.05) is 30.3 Å². The van der Waals surface area contributed by atoms with E-state index in [-0.39, 0.29) is 5.91 Å². The van der Waals surface area contributed by atoms with Crippen molar-refractivity contribution in [3.05, 3.63) is 40.9 Å². The molecule has 0 radical (unpaired) electrons. The Labute approximate surface area is 117 Å². The van der Waals surface area contributed by atoms with Crippen LogP contribution >= 0.6 is 11.3 Å². The molecule has 0 atom stereocenters. The molecule has 0 spiro atoms. The van der Waals surface area contributed by atoms with Gasteiger partial charge in [-0.3, -0.25) is 4.79 Å². The molecule has 0 aliphatic heterocycles. The molecule has 0 aliphatic rings. The summed E-state index contributed by atoms with van der Waals surface area (Å²) in [5.41, 5.74) is 3.44. The van der Waals surface area contributed by atoms with Crippen LogP contribution in [0.5, 0.6) is 0 Å². The molecule has 1 amide bonds. The van der Waals surface area contributed by atoms with Crippen LogP contribution in [0, 0.1) is 6.92 Å². The summed E-state index contributed by atoms with van der Waals surface area (Å²) >= 11 is 1.65. The molecule has 0 saturated carbocycles. The lowest BCUT2D eigenvalue weighted by Gasteiger charge is -2.00. The van der Waals surface area contributed by atoms with E-state index in [0.29, 0.717) is 13.0 Å². The second-order valence-corrected chi connectivity index (χ2v) is 5.32. The molecule has 0 aliphatic carbocycles. The van der Waals surface area contributed by atoms with E-state index in [2.05, 4.69) is 46.9 Å². The summed E-state index contributed by atoms with van der Waals surface area (Å²) in [6.07, 6.45) is 1.32. The van der Waals surface area contributed by atoms with Gasteiger partial charge in [0.1, 0.15) is 5.01 Å². The summed E-state index contributed by atoms with van der Waals surface area (Å²) < 4.78 is 0. The summed E-state index contributed by atoms with van der Waals surface area (Å²) in [6.45, 7) is 4.59. The number of nitrogens with zero attached hydrogens (tertiary/aromatic N) is 1. The smallest absolute Gasteiger partial charge is 0.219 e. The number of carbonyl (C=O) groups is 1. The van der Waals surface area contributed by atoms with Crippen molar-refractivity contribution in [1.82, 2.24) is 10.3 Å². The Morgan fingerprint density at radius 3 is 2.74 bits per heavy atom. The van der Waals surface area contributed by atoms with Crippen molar-refractivity contribution >= 4 is 17.2 Å². The van der Waals surface area contributed by atoms with Crippen LogP contribution in [0.1, 0.15) is 24.6 Å². The zero-order valence-electron chi connectivity index (χ0n) is 11.3. The van der Waals surface area contributed by atoms with Crippen molar-refractivity contribution in [1.29, 1.82) is 0 Å². The lowest BCUT2D eigenvalue weighted by Crippen LogP contribution is -2.24. The van der Waals surface area contributed by atoms with E-state index in [9.17, 15) is 4.79 Å². The summed E-state index contributed by atoms with van der Waals surface area (Å²) in [5, 5.41) is 5.96. The SMILES string of the molecule is CCC(=O)NCCc1csc(-c2ccc(C)cc2)n1. The minimum absolute atomic E-state index is 0.0917. The highest BCUT2D eigenvalue weighted by atomic mass is 32.1. The normalized spacial score (nSPS) is 10.4. The fourth-order valence-electron chi connectivity index (χ4n) is 1.71. The minimum atomic E-state index is 0.0917. The maximum Gasteiger partial charge on any atom is 0.219 e. The monoisotopic (exact) mass is 274 g/mol. The molecule has 1 aromatic heterocycles. The van der Waals surface area contributed by atoms with Gasteiger partial charge in [0.25, 0.3) is 0 Å². The molecule has 0 saturated heterocycles. The number of carbonyl (C=O) groups excluding carboxylic acids is 1. The zero-order valence-corrected chi connectivity index (χ0v) is 12.1. The standard InChI is InChI=1S/C15H18N2OS/c1-3-14(18)16-9-8-13-10-19-15(17-13)12-6-4-11(2)5-7-12/h4-7,10H,3,8-9H2,1-2H3,(H,16,18). The summed E-state index contributed by atoms with van der Waals surface area (Å²) in [7, 11) is 0. The quantitative estimate of drug-likeness (QED) is 0.910. The van der Waals surface area contributed by atoms with Gasteiger partial charge in [-0.15, -0.1) is 11.3 Å². The Balaban J connectivity index is 1.95. The van der Waals surface area contributed by atoms with Crippen LogP contribution in [0.2, 0.25) is 0 Å². The van der Waals surface area contributed by atoms with E-state index < -0.39 is 0 Å². The van der Waals surface area contributed by atoms with E-state index in [1.807, 2.05) is 6.92 Å². The van der Waals surface area contributed by atoms with Gasteiger partial charge < -0.3 is 5.32 Å². The highest BCUT2D eigenvalue weighted by molar-refractivity contribution is 7.13. The van der Waals surface area contributed by atoms with Gasteiger partial charge in [-0.05, 0) is 6.92 Å². The maximum absolute atomic E-state index is 11.1. The van der Waals surface area contributed by atoms with E-state index in [4.69, 9.17) is 0 Å². The van der Waals surface area contributed by atoms with Gasteiger partial charge in [0.2, 0.25) is 5.91 Å². The third-order valence-corrected chi connectivity index (χ3v) is 3.81. The van der Waals surface area contributed by atoms with Crippen molar-refractivity contribution in [2.45, 2.75) is 26.7 Å². The number of amides is 1. The average Bonchev–Trinajstić information content (AvgIpc) is 2.88. The van der Waals surface area contributed by atoms with Crippen molar-refractivity contribution in [3.63, 3.8) is 0 Å². The lowest BCUT2D eigenvalue weighted by atomic mass is 10.2. The van der Waals surface area contributed by atoms with E-state index in [0.717, 1.165) is 22.7 Å². The Kier molecular flexibility index (Phi) is 4.68. The molecule has 0 fully saturated rings. The Bertz CT molecular complexity index is 546. The summed E-state index contributed by atoms with van der Waals surface area (Å²) in [4.78, 5) is 15.7. The third kappa shape index (κ3) is 3.89. The van der Waals surface area contributed by atoms with Crippen molar-refractivity contribution in [2.24, 2.45) is 0 Å². The van der Waals surface area contributed by atoms with Crippen LogP contribution < -0.4 is 5.32 Å². The fourth-order valence-corrected chi connectivity index (χ4v) is 2.57. The zero-order chi connectivity index (χ0) is 13.7. The molecule has 0 unspecified atom stereocenters. The molecule has 4 heteroatoms. The van der Waals surface area contributed by atoms with Crippen LogP contribution in [0.25, 0.3) is 10.6 Å². The van der Waals surface area contributed by atoms with Crippen LogP contribution in [-0.2, 0) is 11.2 Å². The van der Waals surface area contributed by atoms with Gasteiger partial charge in [0.05, 0.1) is 5.69 Å². The van der Waals surface area contributed by atoms with Crippen molar-refractivity contribution in [2.75, 3.05) is 6.54 Å². The number of aromatic nitrogens is 1. The predicted molar refractivity (Wildman–Crippen MR) is 79.3 cm³/mol. The average molecular weight is 274 g/mol. The number of hydrogen-bond donors (Lipinski definition) is 1. The molecule has 2 rings (SSSR count). The van der Waals surface area contributed by atoms with Crippen LogP contribution in [-0.4, -0.2) is 17.4 Å². The van der Waals surface area contributed by atoms with E-state index in [1.54, 1.807) is 11.3 Å². The van der Waals surface area contributed by atoms with E-state index in [1.165, 1.54) is 5.56 Å². The predicted octanol–water partition coefficient (Wildman–Crippen LogP) is 3.19. The summed E-state index contributed by atoms with van der Waals surface area (Å²) in [6, 6.07) is 8.38. The van der Waals surface area contributed by atoms with Gasteiger partial charge in [0.15, 0.2) is 0 Å². The first-order chi connectivity index (χ1) is 9.19. The molecule has 3 nitrogen and oxygen atoms in total. The second-order valence-electron chi connectivity index (χ2n) is 4.46. The lowest BCUT2D eigenvalue weighted by molar-refractivity contribution is -0.120. The number of nitrogens with one attached hydrogen (secondary N) is 1. The minimum Gasteiger partial charge on any atom is -0.356 e. The molecular weight excluding hydrogens is 256 g/mol. The van der Waals surface area contributed by atoms with Crippen molar-refractivity contribution < 1.29 is 4.79 Å². The molecular formula is C15H18N2OS. The Morgan fingerprint density at radius 1 is 1.32 bits per heavy atom. The highest BCUT2D eigenvalue weighted by Gasteiger charge is 2.05. The maximum atomic E-state index is 11.1. The molecule has 1 N–H and O–H groups in total. The van der Waals surface area contributed by atoms with Crippen molar-refractivity contribution in [3.8, 4) is 10.6 Å². The molecule has 19 heavy (non-hydrogen) atoms. The second kappa shape index (κ2) is 6.48. The van der Waals surface area contributed by atoms with Gasteiger partial charge in [-0.1, -0.05) is 36.8 Å². The largest absolute Gasteiger partial charge is 0.356 e. The molecule has 0 bridgehead atoms. The van der Waals surface area contributed by atoms with Gasteiger partial charge in [-0.2, -0.15) is 0 Å². The molecule has 100 valence electrons. The summed E-state index contributed by atoms with van der Waals surface area (Å²) in [5.74, 6) is 0.0917. The van der Waals surface area contributed by atoms with Crippen LogP contribution in [0.15, 0.2) is 29.6 Å². The van der Waals surface area contributed by atoms with Gasteiger partial charge >= 0.3 is 0 Å². The first-order valence-corrected chi connectivity index (χ1v) is 7.35. The number of hydrogen-bond acceptors (Lipinski definition) is 3. The van der Waals surface area contributed by atoms with E-state index >= 15 is 0 Å². The Morgan fingerprint density at radius 2 is 2.05 bits per heavy atom. The first kappa shape index (κ1) is 13.7. The topological polar surface area (TPSA) is 42.0 Å². The molecule has 1 heterocycles. The molecule has 2 aromatic rings. The van der Waals surface area contributed by atoms with Crippen LogP contribution in [0.3, 0.4) is 0 Å². The Hall–Kier alpha value is -1.68. The highest BCUT2D eigenvalue weighted by Crippen LogP contribution is 2.23. The number of benzene rings is 1. The van der Waals surface area contributed by atoms with Crippen LogP contribution in [0.4, 0.5) is 0 Å². The number of rotatable bonds is 5. The third-order valence-electron chi connectivity index (χ3n) is 2.87. The number of aryl methyl sites for hydroxylation is 1. The number of thiazole rings is 1. The first-order valence-electron chi connectivity index (χ1n) is 6.47.